The van der Waals surface area contributed by atoms with Gasteiger partial charge in [0.1, 0.15) is 11.6 Å². The Morgan fingerprint density at radius 1 is 1.37 bits per heavy atom. The molecule has 0 unspecified atom stereocenters. The van der Waals surface area contributed by atoms with Gasteiger partial charge in [-0.2, -0.15) is 0 Å². The maximum Gasteiger partial charge on any atom is 0.253 e. The van der Waals surface area contributed by atoms with E-state index >= 15 is 0 Å². The Morgan fingerprint density at radius 3 is 2.58 bits per heavy atom. The summed E-state index contributed by atoms with van der Waals surface area (Å²) in [5, 5.41) is 9.75. The van der Waals surface area contributed by atoms with E-state index in [4.69, 9.17) is 0 Å². The minimum Gasteiger partial charge on any atom is -0.512 e. The molecule has 0 aromatic heterocycles. The average molecular weight is 263 g/mol. The number of nitrogens with zero attached hydrogens (tertiary/aromatic N) is 1. The molecule has 4 heteroatoms. The standard InChI is InChI=1S/C15H18FNO2/c1-3-13-8-14(18)10(2)15(19)17(13)9-11-4-6-12(16)7-5-11/h4-7,13,18H,3,8-9H2,1-2H3/t13-/m0/s1. The third-order valence-electron chi connectivity index (χ3n) is 3.62. The van der Waals surface area contributed by atoms with Crippen LogP contribution in [0.25, 0.3) is 0 Å². The van der Waals surface area contributed by atoms with Gasteiger partial charge in [0.15, 0.2) is 0 Å². The fourth-order valence-corrected chi connectivity index (χ4v) is 2.34. The van der Waals surface area contributed by atoms with Crippen molar-refractivity contribution in [2.24, 2.45) is 0 Å². The molecule has 102 valence electrons. The summed E-state index contributed by atoms with van der Waals surface area (Å²) in [5.74, 6) is -0.235. The van der Waals surface area contributed by atoms with Crippen LogP contribution < -0.4 is 0 Å². The minimum absolute atomic E-state index is 0.00116. The minimum atomic E-state index is -0.283. The van der Waals surface area contributed by atoms with E-state index in [1.807, 2.05) is 6.92 Å². The maximum atomic E-state index is 12.9. The Balaban J connectivity index is 2.22. The number of halogens is 1. The molecular weight excluding hydrogens is 245 g/mol. The van der Waals surface area contributed by atoms with E-state index in [1.54, 1.807) is 24.0 Å². The Kier molecular flexibility index (Phi) is 3.88. The third kappa shape index (κ3) is 2.78. The molecule has 0 fully saturated rings. The van der Waals surface area contributed by atoms with Gasteiger partial charge in [0.2, 0.25) is 0 Å². The highest BCUT2D eigenvalue weighted by Crippen LogP contribution is 2.26. The molecule has 0 saturated heterocycles. The zero-order valence-corrected chi connectivity index (χ0v) is 11.2. The van der Waals surface area contributed by atoms with Crippen LogP contribution in [-0.4, -0.2) is 22.0 Å². The van der Waals surface area contributed by atoms with E-state index in [0.29, 0.717) is 18.5 Å². The second kappa shape index (κ2) is 5.43. The van der Waals surface area contributed by atoms with Crippen molar-refractivity contribution in [1.82, 2.24) is 4.90 Å². The van der Waals surface area contributed by atoms with Crippen molar-refractivity contribution >= 4 is 5.91 Å². The van der Waals surface area contributed by atoms with Crippen molar-refractivity contribution in [2.45, 2.75) is 39.3 Å². The lowest BCUT2D eigenvalue weighted by Gasteiger charge is -2.35. The lowest BCUT2D eigenvalue weighted by Crippen LogP contribution is -2.43. The van der Waals surface area contributed by atoms with Crippen LogP contribution in [0.4, 0.5) is 4.39 Å². The first-order chi connectivity index (χ1) is 9.02. The van der Waals surface area contributed by atoms with Gasteiger partial charge in [-0.05, 0) is 31.0 Å². The van der Waals surface area contributed by atoms with Crippen molar-refractivity contribution in [1.29, 1.82) is 0 Å². The quantitative estimate of drug-likeness (QED) is 0.910. The first-order valence-electron chi connectivity index (χ1n) is 6.47. The highest BCUT2D eigenvalue weighted by molar-refractivity contribution is 5.94. The zero-order valence-electron chi connectivity index (χ0n) is 11.2. The summed E-state index contributed by atoms with van der Waals surface area (Å²) in [6.45, 7) is 4.08. The lowest BCUT2D eigenvalue weighted by molar-refractivity contribution is -0.131. The number of aliphatic hydroxyl groups excluding tert-OH is 1. The smallest absolute Gasteiger partial charge is 0.253 e. The van der Waals surface area contributed by atoms with Gasteiger partial charge < -0.3 is 10.0 Å². The summed E-state index contributed by atoms with van der Waals surface area (Å²) in [6.07, 6.45) is 1.28. The molecule has 1 atom stereocenters. The van der Waals surface area contributed by atoms with Crippen LogP contribution in [0.1, 0.15) is 32.3 Å². The molecule has 1 aliphatic rings. The lowest BCUT2D eigenvalue weighted by atomic mass is 9.98. The Labute approximate surface area is 112 Å². The number of carbonyl (C=O) groups excluding carboxylic acids is 1. The van der Waals surface area contributed by atoms with Gasteiger partial charge in [-0.25, -0.2) is 4.39 Å². The summed E-state index contributed by atoms with van der Waals surface area (Å²) in [6, 6.07) is 6.16. The first kappa shape index (κ1) is 13.6. The molecule has 1 aliphatic heterocycles. The summed E-state index contributed by atoms with van der Waals surface area (Å²) in [4.78, 5) is 14.0. The maximum absolute atomic E-state index is 12.9. The molecule has 0 bridgehead atoms. The topological polar surface area (TPSA) is 40.5 Å². The zero-order chi connectivity index (χ0) is 14.0. The fourth-order valence-electron chi connectivity index (χ4n) is 2.34. The molecule has 1 heterocycles. The Bertz CT molecular complexity index is 507. The molecule has 1 N–H and O–H groups in total. The van der Waals surface area contributed by atoms with Crippen LogP contribution in [0.3, 0.4) is 0 Å². The Morgan fingerprint density at radius 2 is 2.00 bits per heavy atom. The number of amides is 1. The summed E-state index contributed by atoms with van der Waals surface area (Å²) in [5.41, 5.74) is 1.30. The second-order valence-corrected chi connectivity index (χ2v) is 4.90. The highest BCUT2D eigenvalue weighted by Gasteiger charge is 2.31. The molecule has 19 heavy (non-hydrogen) atoms. The van der Waals surface area contributed by atoms with Crippen LogP contribution in [0.2, 0.25) is 0 Å². The Hall–Kier alpha value is -1.84. The van der Waals surface area contributed by atoms with E-state index in [9.17, 15) is 14.3 Å². The van der Waals surface area contributed by atoms with Gasteiger partial charge >= 0.3 is 0 Å². The molecule has 2 rings (SSSR count). The normalized spacial score (nSPS) is 20.1. The van der Waals surface area contributed by atoms with Crippen molar-refractivity contribution in [3.05, 3.63) is 47.0 Å². The predicted octanol–water partition coefficient (Wildman–Crippen LogP) is 3.17. The van der Waals surface area contributed by atoms with E-state index in [0.717, 1.165) is 12.0 Å². The monoisotopic (exact) mass is 263 g/mol. The van der Waals surface area contributed by atoms with Crippen molar-refractivity contribution in [3.8, 4) is 0 Å². The molecule has 0 aliphatic carbocycles. The third-order valence-corrected chi connectivity index (χ3v) is 3.62. The number of rotatable bonds is 3. The van der Waals surface area contributed by atoms with Crippen molar-refractivity contribution in [2.75, 3.05) is 0 Å². The molecule has 0 radical (unpaired) electrons. The van der Waals surface area contributed by atoms with Crippen LogP contribution in [0, 0.1) is 5.82 Å². The number of carbonyl (C=O) groups is 1. The van der Waals surface area contributed by atoms with Crippen LogP contribution in [0.15, 0.2) is 35.6 Å². The van der Waals surface area contributed by atoms with Crippen LogP contribution in [-0.2, 0) is 11.3 Å². The largest absolute Gasteiger partial charge is 0.512 e. The van der Waals surface area contributed by atoms with Gasteiger partial charge in [-0.3, -0.25) is 4.79 Å². The van der Waals surface area contributed by atoms with E-state index in [1.165, 1.54) is 12.1 Å². The van der Waals surface area contributed by atoms with Gasteiger partial charge in [0.25, 0.3) is 5.91 Å². The molecule has 0 saturated carbocycles. The molecular formula is C15H18FNO2. The van der Waals surface area contributed by atoms with E-state index in [-0.39, 0.29) is 23.5 Å². The predicted molar refractivity (Wildman–Crippen MR) is 71.0 cm³/mol. The van der Waals surface area contributed by atoms with Gasteiger partial charge in [0, 0.05) is 19.0 Å². The van der Waals surface area contributed by atoms with Gasteiger partial charge in [-0.15, -0.1) is 0 Å². The average Bonchev–Trinajstić information content (AvgIpc) is 2.41. The number of hydrogen-bond acceptors (Lipinski definition) is 2. The SMILES string of the molecule is CC[C@H]1CC(O)=C(C)C(=O)N1Cc1ccc(F)cc1. The van der Waals surface area contributed by atoms with Gasteiger partial charge in [-0.1, -0.05) is 19.1 Å². The number of benzene rings is 1. The highest BCUT2D eigenvalue weighted by atomic mass is 19.1. The van der Waals surface area contributed by atoms with E-state index < -0.39 is 0 Å². The number of hydrogen-bond donors (Lipinski definition) is 1. The molecule has 0 spiro atoms. The summed E-state index contributed by atoms with van der Waals surface area (Å²) in [7, 11) is 0. The summed E-state index contributed by atoms with van der Waals surface area (Å²) >= 11 is 0. The second-order valence-electron chi connectivity index (χ2n) is 4.90. The van der Waals surface area contributed by atoms with E-state index in [2.05, 4.69) is 0 Å². The van der Waals surface area contributed by atoms with Gasteiger partial charge in [0.05, 0.1) is 5.57 Å². The first-order valence-corrected chi connectivity index (χ1v) is 6.47. The van der Waals surface area contributed by atoms with Crippen molar-refractivity contribution in [3.63, 3.8) is 0 Å². The van der Waals surface area contributed by atoms with Crippen LogP contribution >= 0.6 is 0 Å². The molecule has 1 aromatic carbocycles. The van der Waals surface area contributed by atoms with Crippen molar-refractivity contribution < 1.29 is 14.3 Å². The molecule has 1 amide bonds. The summed E-state index contributed by atoms with van der Waals surface area (Å²) < 4.78 is 12.9. The molecule has 3 nitrogen and oxygen atoms in total. The number of aliphatic hydroxyl groups is 1. The van der Waals surface area contributed by atoms with Crippen LogP contribution in [0.5, 0.6) is 0 Å². The molecule has 1 aromatic rings. The fraction of sp³-hybridized carbons (Fsp3) is 0.400.